The summed E-state index contributed by atoms with van der Waals surface area (Å²) in [6.07, 6.45) is 4.58. The molecule has 17 heteroatoms. The molecule has 0 saturated carbocycles. The van der Waals surface area contributed by atoms with Crippen LogP contribution in [0.15, 0.2) is 65.8 Å². The third kappa shape index (κ3) is 17.5. The number of ketones is 2. The number of carbonyl (C=O) groups is 4. The van der Waals surface area contributed by atoms with Crippen LogP contribution in [0.4, 0.5) is 0 Å². The first-order valence-electron chi connectivity index (χ1n) is 32.8. The van der Waals surface area contributed by atoms with Gasteiger partial charge >= 0.3 is 11.9 Å². The Hall–Kier alpha value is -2.95. The number of rotatable bonds is 14. The minimum atomic E-state index is -2.62. The van der Waals surface area contributed by atoms with Crippen LogP contribution in [0.25, 0.3) is 0 Å². The normalized spacial score (nSPS) is 33.2. The van der Waals surface area contributed by atoms with Crippen molar-refractivity contribution in [3.63, 3.8) is 0 Å². The van der Waals surface area contributed by atoms with Crippen molar-refractivity contribution in [1.29, 1.82) is 0 Å². The Morgan fingerprint density at radius 1 is 0.674 bits per heavy atom. The Bertz CT molecular complexity index is 2560. The van der Waals surface area contributed by atoms with Gasteiger partial charge in [0.05, 0.1) is 60.5 Å². The van der Waals surface area contributed by atoms with Gasteiger partial charge in [-0.15, -0.1) is 0 Å². The van der Waals surface area contributed by atoms with Gasteiger partial charge in [0.2, 0.25) is 0 Å². The van der Waals surface area contributed by atoms with E-state index in [1.165, 1.54) is 0 Å². The van der Waals surface area contributed by atoms with E-state index in [0.717, 1.165) is 16.7 Å². The Labute approximate surface area is 521 Å². The lowest BCUT2D eigenvalue weighted by atomic mass is 9.79. The fourth-order valence-electron chi connectivity index (χ4n) is 12.6. The highest BCUT2D eigenvalue weighted by Gasteiger charge is 2.58. The van der Waals surface area contributed by atoms with E-state index in [1.54, 1.807) is 25.1 Å². The minimum absolute atomic E-state index is 0.0127. The second-order valence-electron chi connectivity index (χ2n) is 30.7. The van der Waals surface area contributed by atoms with Crippen molar-refractivity contribution < 1.29 is 65.6 Å². The van der Waals surface area contributed by atoms with Crippen molar-refractivity contribution >= 4 is 48.5 Å². The lowest BCUT2D eigenvalue weighted by Gasteiger charge is -2.56. The minimum Gasteiger partial charge on any atom is -0.461 e. The zero-order valence-electron chi connectivity index (χ0n) is 56.3. The summed E-state index contributed by atoms with van der Waals surface area (Å²) in [7, 11) is -7.76. The van der Waals surface area contributed by atoms with Gasteiger partial charge in [-0.3, -0.25) is 14.4 Å². The van der Waals surface area contributed by atoms with Crippen LogP contribution >= 0.6 is 0 Å². The summed E-state index contributed by atoms with van der Waals surface area (Å²) in [6, 6.07) is 9.06. The number of carbonyl (C=O) groups excluding carboxylic acids is 4. The smallest absolute Gasteiger partial charge is 0.338 e. The molecule has 8 aliphatic rings. The molecule has 5 unspecified atom stereocenters. The molecule has 14 nitrogen and oxygen atoms in total. The van der Waals surface area contributed by atoms with E-state index in [9.17, 15) is 14.4 Å². The van der Waals surface area contributed by atoms with Crippen molar-refractivity contribution in [3.05, 3.63) is 71.3 Å². The average Bonchev–Trinajstić information content (AvgIpc) is 0.950. The summed E-state index contributed by atoms with van der Waals surface area (Å²) in [5, 5.41) is -0.519. The Morgan fingerprint density at radius 2 is 1.26 bits per heavy atom. The molecule has 16 atom stereocenters. The largest absolute Gasteiger partial charge is 0.461 e. The molecule has 8 heterocycles. The molecule has 1 aromatic rings. The first-order valence-corrected chi connectivity index (χ1v) is 41.5. The van der Waals surface area contributed by atoms with Gasteiger partial charge in [-0.1, -0.05) is 120 Å². The van der Waals surface area contributed by atoms with Crippen molar-refractivity contribution in [2.75, 3.05) is 6.61 Å². The topological polar surface area (TPSA) is 161 Å². The summed E-state index contributed by atoms with van der Waals surface area (Å²) >= 11 is 0. The predicted molar refractivity (Wildman–Crippen MR) is 346 cm³/mol. The van der Waals surface area contributed by atoms with Crippen molar-refractivity contribution in [3.8, 4) is 0 Å². The highest BCUT2D eigenvalue weighted by atomic mass is 28.4. The van der Waals surface area contributed by atoms with E-state index < -0.39 is 86.0 Å². The highest BCUT2D eigenvalue weighted by molar-refractivity contribution is 6.75. The molecule has 0 radical (unpaired) electrons. The molecular weight excluding hydrogens is 1140 g/mol. The standard InChI is InChI=1S/C69H112O14Si3/c1-21-49(78-66(73)46-26-24-23-25-27-46)40-58-45(5)53-39-48(71)38-52-32-35-56-62(77-52)64(82-85(17,18)68(9,10)11)65(83-86(19,20)69(12,13)14)63(80-56)57(81-84(15,16)67(6,7)8)33-29-47(70)28-30-50-37-44(4)55(75-50)34-31-51-36-43(3)54(42-74-61(72)22-2)60(76-51)41-59(53)79-58/h23-27,29,33,45,49-53,55-60,62-65H,4,21-22,28,30-32,34-42H2,1-3,5-20H3/b33-29+/t45-,49-,50?,51?,52?,53?,55+,56+,57+,58-,59+,60?,62+,63+,64+,65-/m1/s1. The maximum atomic E-state index is 15.2. The molecule has 8 bridgehead atoms. The van der Waals surface area contributed by atoms with Crippen LogP contribution in [-0.4, -0.2) is 141 Å². The molecule has 9 rings (SSSR count). The molecule has 0 aromatic heterocycles. The van der Waals surface area contributed by atoms with Crippen LogP contribution in [0.3, 0.4) is 0 Å². The third-order valence-corrected chi connectivity index (χ3v) is 34.7. The second-order valence-corrected chi connectivity index (χ2v) is 45.0. The second kappa shape index (κ2) is 28.7. The number of hydrogen-bond acceptors (Lipinski definition) is 14. The van der Waals surface area contributed by atoms with Crippen molar-refractivity contribution in [1.82, 2.24) is 0 Å². The van der Waals surface area contributed by atoms with Crippen LogP contribution in [0.5, 0.6) is 0 Å². The number of Topliss-reactive ketones (excluding diaryl/α,β-unsaturated/α-hetero) is 1. The first-order chi connectivity index (χ1) is 40.0. The van der Waals surface area contributed by atoms with Gasteiger partial charge in [-0.05, 0) is 154 Å². The third-order valence-electron chi connectivity index (χ3n) is 21.3. The van der Waals surface area contributed by atoms with E-state index in [2.05, 4.69) is 122 Å². The lowest BCUT2D eigenvalue weighted by molar-refractivity contribution is -0.266. The van der Waals surface area contributed by atoms with Gasteiger partial charge in [0, 0.05) is 38.5 Å². The van der Waals surface area contributed by atoms with Gasteiger partial charge in [0.15, 0.2) is 30.7 Å². The average molecular weight is 1250 g/mol. The summed E-state index contributed by atoms with van der Waals surface area (Å²) in [5.74, 6) is -0.907. The van der Waals surface area contributed by atoms with E-state index in [1.807, 2.05) is 31.2 Å². The highest BCUT2D eigenvalue weighted by Crippen LogP contribution is 2.49. The number of allylic oxidation sites excluding steroid dienone is 1. The fourth-order valence-corrected chi connectivity index (χ4v) is 16.4. The number of esters is 2. The van der Waals surface area contributed by atoms with E-state index in [-0.39, 0.29) is 101 Å². The lowest BCUT2D eigenvalue weighted by Crippen LogP contribution is -2.69. The van der Waals surface area contributed by atoms with Gasteiger partial charge in [-0.2, -0.15) is 0 Å². The maximum Gasteiger partial charge on any atom is 0.338 e. The molecule has 4 fully saturated rings. The van der Waals surface area contributed by atoms with E-state index in [0.29, 0.717) is 76.2 Å². The number of ether oxygens (including phenoxy) is 7. The van der Waals surface area contributed by atoms with Gasteiger partial charge in [0.1, 0.15) is 42.9 Å². The van der Waals surface area contributed by atoms with Crippen LogP contribution in [-0.2, 0) is 60.8 Å². The van der Waals surface area contributed by atoms with Crippen LogP contribution in [0.1, 0.15) is 190 Å². The van der Waals surface area contributed by atoms with Crippen molar-refractivity contribution in [2.24, 2.45) is 11.8 Å². The summed E-state index contributed by atoms with van der Waals surface area (Å²) in [4.78, 5) is 55.7. The zero-order valence-corrected chi connectivity index (χ0v) is 59.3. The summed E-state index contributed by atoms with van der Waals surface area (Å²) in [6.45, 7) is 46.4. The Kier molecular flexibility index (Phi) is 23.5. The van der Waals surface area contributed by atoms with Crippen LogP contribution in [0.2, 0.25) is 54.4 Å². The number of hydrogen-bond donors (Lipinski definition) is 0. The monoisotopic (exact) mass is 1250 g/mol. The summed E-state index contributed by atoms with van der Waals surface area (Å²) in [5.41, 5.74) is 3.55. The summed E-state index contributed by atoms with van der Waals surface area (Å²) < 4.78 is 70.8. The molecule has 86 heavy (non-hydrogen) atoms. The Morgan fingerprint density at radius 3 is 1.87 bits per heavy atom. The molecule has 4 saturated heterocycles. The molecule has 0 N–H and O–H groups in total. The van der Waals surface area contributed by atoms with Gasteiger partial charge in [-0.25, -0.2) is 4.79 Å². The van der Waals surface area contributed by atoms with Crippen molar-refractivity contribution in [2.45, 2.75) is 320 Å². The molecule has 1 aromatic carbocycles. The molecular formula is C69H112O14Si3. The maximum absolute atomic E-state index is 15.2. The van der Waals surface area contributed by atoms with Crippen LogP contribution < -0.4 is 0 Å². The van der Waals surface area contributed by atoms with Gasteiger partial charge in [0.25, 0.3) is 0 Å². The predicted octanol–water partition coefficient (Wildman–Crippen LogP) is 15.1. The van der Waals surface area contributed by atoms with Crippen LogP contribution in [0, 0.1) is 11.8 Å². The Balaban J connectivity index is 1.29. The van der Waals surface area contributed by atoms with E-state index >= 15 is 4.79 Å². The molecule has 0 spiro atoms. The van der Waals surface area contributed by atoms with Gasteiger partial charge < -0.3 is 46.4 Å². The molecule has 8 aliphatic heterocycles. The zero-order chi connectivity index (χ0) is 63.5. The SMILES string of the molecule is C=C1CC2CCC(=O)/C=C/[C@H](O[Si](C)(C)C(C)(C)C)[C@@H]3O[C@H]4CCC(CC(=O)CC5[C@H](CC6OC(CC[C@@H]1O2)CC(C)=C6COC(=O)CC)O[C@H](C[C@@H](CC)OC(=O)c1ccccc1)[C@@H]5C)O[C@@H]4[C@H](O[Si](C)(C)C(C)(C)C)[C@@H]3O[Si](C)(C)C(C)(C)C. The number of benzene rings is 1. The van der Waals surface area contributed by atoms with E-state index in [4.69, 9.17) is 46.4 Å². The number of fused-ring (bicyclic) bond motifs is 2. The molecule has 484 valence electrons. The molecule has 0 amide bonds. The first kappa shape index (κ1) is 70.5. The molecule has 0 aliphatic carbocycles. The quantitative estimate of drug-likeness (QED) is 0.0983. The fraction of sp³-hybridized carbons (Fsp3) is 0.768.